The lowest BCUT2D eigenvalue weighted by Gasteiger charge is -2.12. The van der Waals surface area contributed by atoms with Gasteiger partial charge in [-0.1, -0.05) is 11.6 Å². The van der Waals surface area contributed by atoms with Gasteiger partial charge >= 0.3 is 5.97 Å². The van der Waals surface area contributed by atoms with Crippen LogP contribution in [0.15, 0.2) is 36.4 Å². The van der Waals surface area contributed by atoms with Crippen LogP contribution in [0.1, 0.15) is 15.9 Å². The third kappa shape index (κ3) is 4.87. The van der Waals surface area contributed by atoms with E-state index in [2.05, 4.69) is 5.32 Å². The number of carbonyl (C=O) groups excluding carboxylic acids is 2. The second kappa shape index (κ2) is 8.39. The number of rotatable bonds is 6. The summed E-state index contributed by atoms with van der Waals surface area (Å²) in [7, 11) is 2.75. The summed E-state index contributed by atoms with van der Waals surface area (Å²) in [5.41, 5.74) is 1.33. The van der Waals surface area contributed by atoms with Crippen LogP contribution in [0.4, 0.5) is 5.69 Å². The molecule has 1 N–H and O–H groups in total. The molecule has 2 rings (SSSR count). The third-order valence-corrected chi connectivity index (χ3v) is 3.64. The van der Waals surface area contributed by atoms with Gasteiger partial charge in [-0.05, 0) is 48.9 Å². The zero-order chi connectivity index (χ0) is 18.4. The molecular formula is C18H18ClNO5. The van der Waals surface area contributed by atoms with Crippen molar-refractivity contribution in [2.45, 2.75) is 6.92 Å². The molecule has 2 aromatic rings. The Hall–Kier alpha value is -2.73. The Kier molecular flexibility index (Phi) is 6.25. The fraction of sp³-hybridized carbons (Fsp3) is 0.222. The molecule has 0 bridgehead atoms. The molecule has 25 heavy (non-hydrogen) atoms. The summed E-state index contributed by atoms with van der Waals surface area (Å²) in [4.78, 5) is 24.0. The first-order valence-corrected chi connectivity index (χ1v) is 7.77. The number of benzene rings is 2. The smallest absolute Gasteiger partial charge is 0.340 e. The molecule has 2 aromatic carbocycles. The maximum Gasteiger partial charge on any atom is 0.340 e. The quantitative estimate of drug-likeness (QED) is 0.795. The molecule has 0 aliphatic carbocycles. The topological polar surface area (TPSA) is 73.9 Å². The van der Waals surface area contributed by atoms with Crippen LogP contribution in [0, 0.1) is 6.92 Å². The van der Waals surface area contributed by atoms with Crippen LogP contribution in [0.25, 0.3) is 0 Å². The Morgan fingerprint density at radius 3 is 2.52 bits per heavy atom. The maximum atomic E-state index is 12.1. The summed E-state index contributed by atoms with van der Waals surface area (Å²) < 4.78 is 15.3. The first-order valence-electron chi connectivity index (χ1n) is 7.39. The lowest BCUT2D eigenvalue weighted by Crippen LogP contribution is -2.22. The monoisotopic (exact) mass is 363 g/mol. The fourth-order valence-electron chi connectivity index (χ4n) is 2.14. The van der Waals surface area contributed by atoms with Crippen molar-refractivity contribution in [2.75, 3.05) is 26.1 Å². The van der Waals surface area contributed by atoms with Gasteiger partial charge in [-0.15, -0.1) is 0 Å². The van der Waals surface area contributed by atoms with E-state index in [0.717, 1.165) is 5.56 Å². The summed E-state index contributed by atoms with van der Waals surface area (Å²) in [6.07, 6.45) is 0. The average Bonchev–Trinajstić information content (AvgIpc) is 2.60. The van der Waals surface area contributed by atoms with Crippen molar-refractivity contribution in [1.29, 1.82) is 0 Å². The van der Waals surface area contributed by atoms with E-state index in [4.69, 9.17) is 25.8 Å². The van der Waals surface area contributed by atoms with Crippen LogP contribution < -0.4 is 14.8 Å². The van der Waals surface area contributed by atoms with Gasteiger partial charge in [0.25, 0.3) is 5.91 Å². The number of nitrogens with one attached hydrogen (secondary N) is 1. The predicted molar refractivity (Wildman–Crippen MR) is 94.6 cm³/mol. The van der Waals surface area contributed by atoms with Crippen LogP contribution in [0.3, 0.4) is 0 Å². The van der Waals surface area contributed by atoms with E-state index in [0.29, 0.717) is 22.2 Å². The number of aryl methyl sites for hydroxylation is 1. The molecule has 0 atom stereocenters. The lowest BCUT2D eigenvalue weighted by atomic mass is 10.1. The molecule has 7 heteroatoms. The van der Waals surface area contributed by atoms with Crippen LogP contribution in [-0.4, -0.2) is 32.7 Å². The van der Waals surface area contributed by atoms with E-state index in [1.165, 1.54) is 20.3 Å². The Balaban J connectivity index is 2.08. The molecule has 0 aromatic heterocycles. The van der Waals surface area contributed by atoms with Crippen LogP contribution in [0.5, 0.6) is 11.5 Å². The summed E-state index contributed by atoms with van der Waals surface area (Å²) in [5, 5.41) is 3.22. The van der Waals surface area contributed by atoms with Gasteiger partial charge < -0.3 is 19.5 Å². The van der Waals surface area contributed by atoms with Crippen molar-refractivity contribution in [3.63, 3.8) is 0 Å². The second-order valence-corrected chi connectivity index (χ2v) is 5.59. The van der Waals surface area contributed by atoms with Gasteiger partial charge in [0.1, 0.15) is 11.5 Å². The van der Waals surface area contributed by atoms with Crippen LogP contribution in [-0.2, 0) is 9.53 Å². The fourth-order valence-corrected chi connectivity index (χ4v) is 2.37. The number of anilines is 1. The van der Waals surface area contributed by atoms with Crippen LogP contribution in [0.2, 0.25) is 5.02 Å². The normalized spacial score (nSPS) is 10.1. The molecule has 132 valence electrons. The molecule has 0 radical (unpaired) electrons. The van der Waals surface area contributed by atoms with Gasteiger partial charge in [0.15, 0.2) is 6.61 Å². The summed E-state index contributed by atoms with van der Waals surface area (Å²) in [6, 6.07) is 9.81. The number of methoxy groups -OCH3 is 2. The third-order valence-electron chi connectivity index (χ3n) is 3.40. The number of ether oxygens (including phenoxy) is 3. The highest BCUT2D eigenvalue weighted by molar-refractivity contribution is 6.30. The van der Waals surface area contributed by atoms with Gasteiger partial charge in [0, 0.05) is 5.02 Å². The highest BCUT2D eigenvalue weighted by Gasteiger charge is 2.16. The van der Waals surface area contributed by atoms with E-state index in [1.807, 2.05) is 6.92 Å². The average molecular weight is 364 g/mol. The molecule has 0 aliphatic rings. The first kappa shape index (κ1) is 18.6. The lowest BCUT2D eigenvalue weighted by molar-refractivity contribution is -0.118. The standard InChI is InChI=1S/C18H18ClNO5/c1-11-8-12(19)4-7-16(11)25-10-17(21)20-15-6-5-13(23-2)9-14(15)18(22)24-3/h4-9H,10H2,1-3H3,(H,20,21). The number of hydrogen-bond acceptors (Lipinski definition) is 5. The van der Waals surface area contributed by atoms with Crippen molar-refractivity contribution < 1.29 is 23.8 Å². The Labute approximate surface area is 150 Å². The largest absolute Gasteiger partial charge is 0.497 e. The number of esters is 1. The Morgan fingerprint density at radius 2 is 1.88 bits per heavy atom. The molecule has 0 unspecified atom stereocenters. The zero-order valence-corrected chi connectivity index (χ0v) is 14.8. The van der Waals surface area contributed by atoms with Gasteiger partial charge in [-0.2, -0.15) is 0 Å². The molecule has 0 spiro atoms. The minimum Gasteiger partial charge on any atom is -0.497 e. The highest BCUT2D eigenvalue weighted by atomic mass is 35.5. The Bertz CT molecular complexity index is 791. The van der Waals surface area contributed by atoms with E-state index in [1.54, 1.807) is 30.3 Å². The molecular weight excluding hydrogens is 346 g/mol. The minimum absolute atomic E-state index is 0.192. The van der Waals surface area contributed by atoms with E-state index in [-0.39, 0.29) is 12.2 Å². The van der Waals surface area contributed by atoms with E-state index >= 15 is 0 Å². The molecule has 6 nitrogen and oxygen atoms in total. The van der Waals surface area contributed by atoms with Gasteiger partial charge in [0.2, 0.25) is 0 Å². The molecule has 0 aliphatic heterocycles. The predicted octanol–water partition coefficient (Wildman–Crippen LogP) is 3.46. The first-order chi connectivity index (χ1) is 11.9. The van der Waals surface area contributed by atoms with E-state index < -0.39 is 11.9 Å². The molecule has 0 saturated heterocycles. The maximum absolute atomic E-state index is 12.1. The van der Waals surface area contributed by atoms with Crippen LogP contribution >= 0.6 is 11.6 Å². The number of amides is 1. The summed E-state index contributed by atoms with van der Waals surface area (Å²) in [5.74, 6) is 0.0437. The summed E-state index contributed by atoms with van der Waals surface area (Å²) >= 11 is 5.88. The zero-order valence-electron chi connectivity index (χ0n) is 14.1. The van der Waals surface area contributed by atoms with Crippen molar-refractivity contribution >= 4 is 29.2 Å². The van der Waals surface area contributed by atoms with E-state index in [9.17, 15) is 9.59 Å². The molecule has 1 amide bonds. The number of carbonyl (C=O) groups is 2. The molecule has 0 heterocycles. The second-order valence-electron chi connectivity index (χ2n) is 5.15. The summed E-state index contributed by atoms with van der Waals surface area (Å²) in [6.45, 7) is 1.62. The van der Waals surface area contributed by atoms with Gasteiger partial charge in [0.05, 0.1) is 25.5 Å². The highest BCUT2D eigenvalue weighted by Crippen LogP contribution is 2.24. The van der Waals surface area contributed by atoms with Crippen molar-refractivity contribution in [3.05, 3.63) is 52.5 Å². The molecule has 0 fully saturated rings. The molecule has 0 saturated carbocycles. The number of hydrogen-bond donors (Lipinski definition) is 1. The number of halogens is 1. The Morgan fingerprint density at radius 1 is 1.12 bits per heavy atom. The minimum atomic E-state index is -0.580. The SMILES string of the molecule is COC(=O)c1cc(OC)ccc1NC(=O)COc1ccc(Cl)cc1C. The van der Waals surface area contributed by atoms with Crippen molar-refractivity contribution in [1.82, 2.24) is 0 Å². The van der Waals surface area contributed by atoms with Gasteiger partial charge in [-0.3, -0.25) is 4.79 Å². The van der Waals surface area contributed by atoms with Gasteiger partial charge in [-0.25, -0.2) is 4.79 Å². The van der Waals surface area contributed by atoms with Crippen molar-refractivity contribution in [3.8, 4) is 11.5 Å². The van der Waals surface area contributed by atoms with Crippen molar-refractivity contribution in [2.24, 2.45) is 0 Å².